The van der Waals surface area contributed by atoms with Crippen LogP contribution in [-0.2, 0) is 21.7 Å². The molecular formula is C44H48N6O8S. The summed E-state index contributed by atoms with van der Waals surface area (Å²) in [6.07, 6.45) is 11.0. The molecule has 0 aliphatic heterocycles. The number of amides is 1. The fraction of sp³-hybridized carbons (Fsp3) is 0.341. The van der Waals surface area contributed by atoms with Gasteiger partial charge in [-0.15, -0.1) is 10.2 Å². The fourth-order valence-electron chi connectivity index (χ4n) is 6.69. The van der Waals surface area contributed by atoms with Crippen molar-refractivity contribution in [1.82, 2.24) is 25.3 Å². The quantitative estimate of drug-likeness (QED) is 0.0217. The van der Waals surface area contributed by atoms with Crippen LogP contribution in [0, 0.1) is 10.1 Å². The van der Waals surface area contributed by atoms with E-state index in [-0.39, 0.29) is 35.7 Å². The Balaban J connectivity index is 1.38. The summed E-state index contributed by atoms with van der Waals surface area (Å²) < 4.78 is 19.2. The first kappa shape index (κ1) is 42.4. The molecule has 2 heterocycles. The normalized spacial score (nSPS) is 11.2. The summed E-state index contributed by atoms with van der Waals surface area (Å²) in [5, 5.41) is 40.5. The Morgan fingerprint density at radius 2 is 1.58 bits per heavy atom. The number of methoxy groups -OCH3 is 1. The molecule has 15 heteroatoms. The molecule has 2 aromatic heterocycles. The minimum atomic E-state index is -0.613. The first-order valence-electron chi connectivity index (χ1n) is 19.9. The molecule has 0 saturated carbocycles. The van der Waals surface area contributed by atoms with Crippen molar-refractivity contribution in [2.45, 2.75) is 88.5 Å². The molecule has 0 saturated heterocycles. The second-order valence-electron chi connectivity index (χ2n) is 14.0. The van der Waals surface area contributed by atoms with Crippen LogP contribution < -0.4 is 10.1 Å². The molecule has 0 unspecified atom stereocenters. The Kier molecular flexibility index (Phi) is 15.1. The fourth-order valence-corrected chi connectivity index (χ4v) is 7.48. The van der Waals surface area contributed by atoms with Gasteiger partial charge in [0.2, 0.25) is 11.8 Å². The van der Waals surface area contributed by atoms with Crippen molar-refractivity contribution in [3.8, 4) is 34.5 Å². The summed E-state index contributed by atoms with van der Waals surface area (Å²) >= 11 is 1.32. The Morgan fingerprint density at radius 3 is 2.27 bits per heavy atom. The molecule has 6 aromatic rings. The minimum Gasteiger partial charge on any atom is -0.506 e. The molecule has 2 N–H and O–H groups in total. The first-order chi connectivity index (χ1) is 28.8. The van der Waals surface area contributed by atoms with Gasteiger partial charge in [0.1, 0.15) is 11.5 Å². The smallest absolute Gasteiger partial charge is 0.307 e. The lowest BCUT2D eigenvalue weighted by Gasteiger charge is -2.16. The molecule has 14 nitrogen and oxygen atoms in total. The highest BCUT2D eigenvalue weighted by Crippen LogP contribution is 2.42. The summed E-state index contributed by atoms with van der Waals surface area (Å²) in [5.41, 5.74) is 2.66. The highest BCUT2D eigenvalue weighted by atomic mass is 32.2. The number of unbranched alkanes of at least 4 members (excludes halogenated alkanes) is 8. The summed E-state index contributed by atoms with van der Waals surface area (Å²) in [6.45, 7) is 2.21. The van der Waals surface area contributed by atoms with Crippen molar-refractivity contribution in [1.29, 1.82) is 0 Å². The summed E-state index contributed by atoms with van der Waals surface area (Å²) in [7, 11) is 1.27. The SMILES string of the molecule is CCCCCCCCCCCc1nn(-c2ccc([N+](=O)[O-])cc2)c(Oc2cc(C(=O)NCCC(=O)OC)c(O)c3ccccc23)c1CSc1nnc(-c2ccccc2)o1. The number of aryl methyl sites for hydroxylation is 1. The summed E-state index contributed by atoms with van der Waals surface area (Å²) in [4.78, 5) is 36.3. The van der Waals surface area contributed by atoms with Gasteiger partial charge in [-0.05, 0) is 43.2 Å². The van der Waals surface area contributed by atoms with Gasteiger partial charge in [-0.25, -0.2) is 4.68 Å². The highest BCUT2D eigenvalue weighted by Gasteiger charge is 2.26. The number of hydrogen-bond donors (Lipinski definition) is 2. The number of esters is 1. The average molecular weight is 821 g/mol. The zero-order valence-corrected chi connectivity index (χ0v) is 34.0. The number of aromatic nitrogens is 4. The van der Waals surface area contributed by atoms with Gasteiger partial charge in [0.25, 0.3) is 16.8 Å². The zero-order chi connectivity index (χ0) is 41.6. The van der Waals surface area contributed by atoms with Crippen LogP contribution in [0.15, 0.2) is 94.6 Å². The summed E-state index contributed by atoms with van der Waals surface area (Å²) in [5.74, 6) is -0.0932. The van der Waals surface area contributed by atoms with E-state index in [1.54, 1.807) is 41.1 Å². The third-order valence-corrected chi connectivity index (χ3v) is 10.7. The number of phenols is 1. The molecule has 1 amide bonds. The number of nitrogens with one attached hydrogen (secondary N) is 1. The second-order valence-corrected chi connectivity index (χ2v) is 14.9. The number of nitrogens with zero attached hydrogens (tertiary/aromatic N) is 5. The van der Waals surface area contributed by atoms with Gasteiger partial charge in [-0.2, -0.15) is 5.10 Å². The number of non-ortho nitro benzene ring substituents is 1. The Labute approximate surface area is 346 Å². The maximum atomic E-state index is 13.5. The molecule has 6 rings (SSSR count). The van der Waals surface area contributed by atoms with Crippen LogP contribution in [0.25, 0.3) is 27.9 Å². The number of thioether (sulfide) groups is 1. The lowest BCUT2D eigenvalue weighted by molar-refractivity contribution is -0.384. The maximum absolute atomic E-state index is 13.5. The number of aromatic hydroxyl groups is 1. The summed E-state index contributed by atoms with van der Waals surface area (Å²) in [6, 6.07) is 24.0. The van der Waals surface area contributed by atoms with Gasteiger partial charge >= 0.3 is 5.97 Å². The van der Waals surface area contributed by atoms with Crippen molar-refractivity contribution in [2.24, 2.45) is 0 Å². The Morgan fingerprint density at radius 1 is 0.898 bits per heavy atom. The zero-order valence-electron chi connectivity index (χ0n) is 33.2. The van der Waals surface area contributed by atoms with Crippen LogP contribution in [0.2, 0.25) is 0 Å². The van der Waals surface area contributed by atoms with Crippen molar-refractivity contribution >= 4 is 40.1 Å². The van der Waals surface area contributed by atoms with E-state index in [9.17, 15) is 24.8 Å². The molecule has 0 atom stereocenters. The molecule has 0 aliphatic carbocycles. The van der Waals surface area contributed by atoms with Crippen LogP contribution in [-0.4, -0.2) is 55.5 Å². The van der Waals surface area contributed by atoms with Crippen LogP contribution in [0.1, 0.15) is 92.7 Å². The number of ether oxygens (including phenoxy) is 2. The lowest BCUT2D eigenvalue weighted by atomic mass is 10.0. The second kappa shape index (κ2) is 21.0. The molecule has 0 fully saturated rings. The third-order valence-electron chi connectivity index (χ3n) is 9.88. The molecule has 59 heavy (non-hydrogen) atoms. The number of nitro benzene ring substituents is 1. The van der Waals surface area contributed by atoms with Crippen LogP contribution in [0.4, 0.5) is 5.69 Å². The van der Waals surface area contributed by atoms with E-state index in [0.29, 0.717) is 45.6 Å². The number of carbonyl (C=O) groups excluding carboxylic acids is 2. The predicted molar refractivity (Wildman–Crippen MR) is 225 cm³/mol. The standard InChI is InChI=1S/C44H48N6O8S/c1-3-4-5-6-7-8-9-10-14-21-37-36(29-59-44-47-46-42(58-44)30-17-12-11-13-18-30)43(49(48-37)31-22-24-32(25-23-31)50(54)55)57-38-28-35(41(53)45-27-26-39(51)56-2)40(52)34-20-16-15-19-33(34)38/h11-13,15-20,22-25,28,52H,3-10,14,21,26-27,29H2,1-2H3,(H,45,53). The van der Waals surface area contributed by atoms with Crippen molar-refractivity contribution in [3.05, 3.63) is 112 Å². The van der Waals surface area contributed by atoms with Crippen LogP contribution in [0.5, 0.6) is 17.4 Å². The number of phenolic OH excluding ortho intramolecular Hbond substituents is 1. The van der Waals surface area contributed by atoms with Gasteiger partial charge < -0.3 is 24.3 Å². The van der Waals surface area contributed by atoms with Gasteiger partial charge in [0.15, 0.2) is 0 Å². The molecule has 0 aliphatic rings. The molecular weight excluding hydrogens is 773 g/mol. The average Bonchev–Trinajstić information content (AvgIpc) is 3.88. The molecule has 4 aromatic carbocycles. The Hall–Kier alpha value is -6.22. The van der Waals surface area contributed by atoms with Crippen molar-refractivity contribution in [2.75, 3.05) is 13.7 Å². The third kappa shape index (κ3) is 11.0. The van der Waals surface area contributed by atoms with Crippen molar-refractivity contribution < 1.29 is 33.5 Å². The largest absolute Gasteiger partial charge is 0.506 e. The molecule has 0 radical (unpaired) electrons. The van der Waals surface area contributed by atoms with E-state index in [1.165, 1.54) is 75.6 Å². The monoisotopic (exact) mass is 820 g/mol. The van der Waals surface area contributed by atoms with Crippen LogP contribution in [0.3, 0.4) is 0 Å². The van der Waals surface area contributed by atoms with Crippen molar-refractivity contribution in [3.63, 3.8) is 0 Å². The molecule has 0 bridgehead atoms. The van der Waals surface area contributed by atoms with Crippen LogP contribution >= 0.6 is 11.8 Å². The minimum absolute atomic E-state index is 0.00781. The van der Waals surface area contributed by atoms with E-state index in [4.69, 9.17) is 19.0 Å². The number of carbonyl (C=O) groups is 2. The number of hydrogen-bond acceptors (Lipinski definition) is 12. The van der Waals surface area contributed by atoms with Gasteiger partial charge in [-0.1, -0.05) is 113 Å². The molecule has 0 spiro atoms. The van der Waals surface area contributed by atoms with Gasteiger partial charge in [0, 0.05) is 46.3 Å². The van der Waals surface area contributed by atoms with Gasteiger partial charge in [0.05, 0.1) is 35.4 Å². The highest BCUT2D eigenvalue weighted by molar-refractivity contribution is 7.98. The van der Waals surface area contributed by atoms with E-state index >= 15 is 0 Å². The van der Waals surface area contributed by atoms with E-state index in [0.717, 1.165) is 36.1 Å². The topological polar surface area (TPSA) is 185 Å². The maximum Gasteiger partial charge on any atom is 0.307 e. The first-order valence-corrected chi connectivity index (χ1v) is 20.9. The number of rotatable bonds is 22. The lowest BCUT2D eigenvalue weighted by Crippen LogP contribution is -2.26. The Bertz CT molecular complexity index is 2350. The van der Waals surface area contributed by atoms with E-state index < -0.39 is 16.8 Å². The number of benzene rings is 4. The predicted octanol–water partition coefficient (Wildman–Crippen LogP) is 10.1. The van der Waals surface area contributed by atoms with Gasteiger partial charge in [-0.3, -0.25) is 19.7 Å². The van der Waals surface area contributed by atoms with E-state index in [2.05, 4.69) is 22.4 Å². The number of nitro groups is 1. The molecule has 308 valence electrons. The number of fused-ring (bicyclic) bond motifs is 1. The van der Waals surface area contributed by atoms with E-state index in [1.807, 2.05) is 30.3 Å².